The van der Waals surface area contributed by atoms with Gasteiger partial charge in [-0.25, -0.2) is 0 Å². The zero-order chi connectivity index (χ0) is 0. The van der Waals surface area contributed by atoms with Crippen molar-refractivity contribution in [3.05, 3.63) is 0 Å². The molecule has 0 nitrogen and oxygen atoms in total. The Hall–Kier alpha value is 2.08. The molecule has 1 unspecified atom stereocenters. The fraction of sp³-hybridized carbons (Fsp3) is 0. The number of rotatable bonds is 0. The molecule has 0 aliphatic rings. The SMILES string of the molecule is P.[AlH3].[Fe].[H-].[Li+]. The van der Waals surface area contributed by atoms with Gasteiger partial charge in [-0.3, -0.25) is 0 Å². The van der Waals surface area contributed by atoms with E-state index in [1.54, 1.807) is 0 Å². The third-order valence-corrected chi connectivity index (χ3v) is 0. The van der Waals surface area contributed by atoms with Crippen molar-refractivity contribution in [2.45, 2.75) is 0 Å². The van der Waals surface area contributed by atoms with Crippen LogP contribution in [0.1, 0.15) is 1.43 Å². The number of hydrogen-bond donors (Lipinski definition) is 0. The first-order chi connectivity index (χ1) is 0. The maximum absolute atomic E-state index is 0. The van der Waals surface area contributed by atoms with Gasteiger partial charge in [-0.2, -0.15) is 9.90 Å². The molecule has 24 valence electrons. The molecule has 0 aromatic carbocycles. The van der Waals surface area contributed by atoms with Gasteiger partial charge < -0.3 is 1.43 Å². The third-order valence-electron chi connectivity index (χ3n) is 0. The van der Waals surface area contributed by atoms with Crippen LogP contribution >= 0.6 is 9.90 Å². The summed E-state index contributed by atoms with van der Waals surface area (Å²) >= 11 is 0. The van der Waals surface area contributed by atoms with E-state index in [9.17, 15) is 0 Å². The molecule has 0 aliphatic heterocycles. The maximum atomic E-state index is 0. The van der Waals surface area contributed by atoms with Crippen molar-refractivity contribution < 1.29 is 37.4 Å². The van der Waals surface area contributed by atoms with Crippen molar-refractivity contribution in [2.24, 2.45) is 0 Å². The van der Waals surface area contributed by atoms with Gasteiger partial charge >= 0.3 is 18.9 Å². The van der Waals surface area contributed by atoms with Gasteiger partial charge in [0.25, 0.3) is 0 Å². The molecular weight excluding hydrogens is 121 g/mol. The monoisotopic (exact) mass is 128 g/mol. The molecule has 1 atom stereocenters. The van der Waals surface area contributed by atoms with Crippen LogP contribution in [0.15, 0.2) is 0 Å². The molecule has 0 N–H and O–H groups in total. The average Bonchev–Trinajstić information content (AvgIpc) is 0. The van der Waals surface area contributed by atoms with Crippen LogP contribution in [-0.4, -0.2) is 17.4 Å². The smallest absolute Gasteiger partial charge is 1.00 e. The molecule has 0 amide bonds. The second kappa shape index (κ2) is 19.5. The quantitative estimate of drug-likeness (QED) is 0.230. The van der Waals surface area contributed by atoms with E-state index in [-0.39, 0.29) is 64.6 Å². The minimum atomic E-state index is 0. The molecule has 0 rings (SSSR count). The van der Waals surface area contributed by atoms with Crippen molar-refractivity contribution in [3.8, 4) is 0 Å². The molecule has 0 fully saturated rings. The predicted octanol–water partition coefficient (Wildman–Crippen LogP) is -4.01. The van der Waals surface area contributed by atoms with E-state index in [4.69, 9.17) is 0 Å². The second-order valence-electron chi connectivity index (χ2n) is 0. The molecule has 4 heavy (non-hydrogen) atoms. The van der Waals surface area contributed by atoms with Gasteiger partial charge in [-0.15, -0.1) is 0 Å². The second-order valence-corrected chi connectivity index (χ2v) is 0. The average molecular weight is 128 g/mol. The Labute approximate surface area is 64.4 Å². The summed E-state index contributed by atoms with van der Waals surface area (Å²) in [6.07, 6.45) is 0. The summed E-state index contributed by atoms with van der Waals surface area (Å²) < 4.78 is 0. The van der Waals surface area contributed by atoms with E-state index in [0.717, 1.165) is 0 Å². The van der Waals surface area contributed by atoms with Crippen LogP contribution in [0.25, 0.3) is 0 Å². The van der Waals surface area contributed by atoms with Gasteiger partial charge in [0.05, 0.1) is 0 Å². The molecule has 0 spiro atoms. The first kappa shape index (κ1) is 36.3. The largest absolute Gasteiger partial charge is 1.00 e. The Kier molecular flexibility index (Phi) is 177. The van der Waals surface area contributed by atoms with Crippen molar-refractivity contribution in [1.82, 2.24) is 0 Å². The molecule has 0 saturated heterocycles. The third kappa shape index (κ3) is 8.95. The molecule has 0 radical (unpaired) electrons. The van der Waals surface area contributed by atoms with Gasteiger partial charge in [0.15, 0.2) is 17.4 Å². The molecule has 0 aromatic rings. The zero-order valence-electron chi connectivity index (χ0n) is 3.06. The van der Waals surface area contributed by atoms with E-state index in [2.05, 4.69) is 0 Å². The zero-order valence-corrected chi connectivity index (χ0v) is 4.58. The fourth-order valence-corrected chi connectivity index (χ4v) is 0. The van der Waals surface area contributed by atoms with Crippen LogP contribution in [0.5, 0.6) is 0 Å². The van der Waals surface area contributed by atoms with Crippen molar-refractivity contribution in [2.75, 3.05) is 0 Å². The summed E-state index contributed by atoms with van der Waals surface area (Å²) in [5, 5.41) is 0. The van der Waals surface area contributed by atoms with Crippen LogP contribution in [-0.2, 0) is 17.1 Å². The molecule has 0 aromatic heterocycles. The van der Waals surface area contributed by atoms with Crippen LogP contribution in [0.2, 0.25) is 0 Å². The Morgan fingerprint density at radius 1 is 1.25 bits per heavy atom. The van der Waals surface area contributed by atoms with Crippen LogP contribution in [0, 0.1) is 0 Å². The van der Waals surface area contributed by atoms with Gasteiger partial charge in [-0.05, 0) is 0 Å². The van der Waals surface area contributed by atoms with Gasteiger partial charge in [0, 0.05) is 17.1 Å². The summed E-state index contributed by atoms with van der Waals surface area (Å²) in [5.74, 6) is 0. The molecular formula is H7AlFeLiP. The van der Waals surface area contributed by atoms with E-state index >= 15 is 0 Å². The van der Waals surface area contributed by atoms with Crippen molar-refractivity contribution in [3.63, 3.8) is 0 Å². The van der Waals surface area contributed by atoms with E-state index < -0.39 is 0 Å². The van der Waals surface area contributed by atoms with E-state index in [0.29, 0.717) is 0 Å². The van der Waals surface area contributed by atoms with Crippen LogP contribution in [0.3, 0.4) is 0 Å². The normalized spacial score (nSPS) is 0. The van der Waals surface area contributed by atoms with E-state index in [1.807, 2.05) is 0 Å². The van der Waals surface area contributed by atoms with E-state index in [1.165, 1.54) is 0 Å². The van der Waals surface area contributed by atoms with Crippen molar-refractivity contribution >= 4 is 27.3 Å². The Morgan fingerprint density at radius 3 is 1.25 bits per heavy atom. The molecule has 4 heteroatoms. The van der Waals surface area contributed by atoms with Gasteiger partial charge in [-0.1, -0.05) is 0 Å². The van der Waals surface area contributed by atoms with Gasteiger partial charge in [0.1, 0.15) is 0 Å². The fourth-order valence-electron chi connectivity index (χ4n) is 0. The Balaban J connectivity index is 0. The standard InChI is InChI=1S/Al.Fe.Li.H3P.4H/h;;;1H3;;;;/q;;+1;;;;;-1. The molecule has 0 heterocycles. The summed E-state index contributed by atoms with van der Waals surface area (Å²) in [6.45, 7) is 0. The summed E-state index contributed by atoms with van der Waals surface area (Å²) in [7, 11) is 0. The molecule has 0 bridgehead atoms. The predicted molar refractivity (Wildman–Crippen MR) is 22.2 cm³/mol. The first-order valence-electron chi connectivity index (χ1n) is 0. The summed E-state index contributed by atoms with van der Waals surface area (Å²) in [5.41, 5.74) is 0. The summed E-state index contributed by atoms with van der Waals surface area (Å²) in [4.78, 5) is 0. The van der Waals surface area contributed by atoms with Crippen LogP contribution in [0.4, 0.5) is 0 Å². The minimum Gasteiger partial charge on any atom is -1.00 e. The number of hydrogen-bond acceptors (Lipinski definition) is 0. The minimum absolute atomic E-state index is 0. The van der Waals surface area contributed by atoms with Gasteiger partial charge in [0.2, 0.25) is 0 Å². The first-order valence-corrected chi connectivity index (χ1v) is 0. The van der Waals surface area contributed by atoms with Crippen LogP contribution < -0.4 is 18.9 Å². The topological polar surface area (TPSA) is 0 Å². The maximum Gasteiger partial charge on any atom is 1.00 e. The molecule has 0 aliphatic carbocycles. The Bertz CT molecular complexity index is 11.6. The van der Waals surface area contributed by atoms with Crippen molar-refractivity contribution in [1.29, 1.82) is 0 Å². The summed E-state index contributed by atoms with van der Waals surface area (Å²) in [6, 6.07) is 0. The molecule has 0 saturated carbocycles. The Morgan fingerprint density at radius 2 is 1.25 bits per heavy atom.